The summed E-state index contributed by atoms with van der Waals surface area (Å²) >= 11 is 2.26. The minimum absolute atomic E-state index is 0.744. The van der Waals surface area contributed by atoms with E-state index in [9.17, 15) is 4.57 Å². The van der Waals surface area contributed by atoms with Crippen molar-refractivity contribution in [2.45, 2.75) is 0 Å². The summed E-state index contributed by atoms with van der Waals surface area (Å²) in [6, 6.07) is 26.9. The molecule has 0 bridgehead atoms. The van der Waals surface area contributed by atoms with Crippen molar-refractivity contribution in [1.29, 1.82) is 0 Å². The van der Waals surface area contributed by atoms with Crippen molar-refractivity contribution < 1.29 is 4.57 Å². The van der Waals surface area contributed by atoms with Gasteiger partial charge in [0.15, 0.2) is 0 Å². The number of benzene rings is 3. The van der Waals surface area contributed by atoms with Gasteiger partial charge in [0.05, 0.1) is 0 Å². The lowest BCUT2D eigenvalue weighted by molar-refractivity contribution is 0.588. The largest absolute Gasteiger partial charge is 0.288 e. The van der Waals surface area contributed by atoms with E-state index in [1.54, 1.807) is 6.21 Å². The smallest absolute Gasteiger partial charge is 0.247 e. The van der Waals surface area contributed by atoms with Crippen molar-refractivity contribution in [3.05, 3.63) is 94.1 Å². The van der Waals surface area contributed by atoms with Crippen LogP contribution in [0.1, 0.15) is 5.56 Å². The summed E-state index contributed by atoms with van der Waals surface area (Å²) in [6.45, 7) is 0. The second-order valence-electron chi connectivity index (χ2n) is 5.01. The highest BCUT2D eigenvalue weighted by molar-refractivity contribution is 14.1. The molecule has 0 saturated carbocycles. The van der Waals surface area contributed by atoms with Gasteiger partial charge in [0.1, 0.15) is 0 Å². The average molecular weight is 431 g/mol. The molecule has 3 rings (SSSR count). The minimum Gasteiger partial charge on any atom is -0.288 e. The second kappa shape index (κ2) is 7.24. The summed E-state index contributed by atoms with van der Waals surface area (Å²) < 4.78 is 19.3. The lowest BCUT2D eigenvalue weighted by Gasteiger charge is -2.14. The van der Waals surface area contributed by atoms with Gasteiger partial charge in [0, 0.05) is 26.0 Å². The topological polar surface area (TPSA) is 29.4 Å². The van der Waals surface area contributed by atoms with Crippen molar-refractivity contribution in [2.75, 3.05) is 0 Å². The molecule has 0 fully saturated rings. The van der Waals surface area contributed by atoms with Gasteiger partial charge in [-0.25, -0.2) is 4.76 Å². The molecule has 4 heteroatoms. The molecule has 0 spiro atoms. The van der Waals surface area contributed by atoms with Crippen molar-refractivity contribution in [3.8, 4) is 0 Å². The summed E-state index contributed by atoms with van der Waals surface area (Å²) in [5.74, 6) is 0. The van der Waals surface area contributed by atoms with Crippen LogP contribution >= 0.6 is 29.9 Å². The first kappa shape index (κ1) is 16.2. The molecule has 0 unspecified atom stereocenters. The second-order valence-corrected chi connectivity index (χ2v) is 8.59. The summed E-state index contributed by atoms with van der Waals surface area (Å²) in [7, 11) is -3.04. The van der Waals surface area contributed by atoms with Crippen LogP contribution in [0.15, 0.2) is 89.7 Å². The van der Waals surface area contributed by atoms with Crippen LogP contribution in [-0.2, 0) is 4.57 Å². The van der Waals surface area contributed by atoms with Crippen LogP contribution in [0.4, 0.5) is 0 Å². The maximum atomic E-state index is 13.7. The molecule has 0 saturated heterocycles. The Hall–Kier alpha value is -1.71. The fourth-order valence-corrected chi connectivity index (χ4v) is 4.80. The third-order valence-corrected chi connectivity index (χ3v) is 6.90. The molecule has 0 atom stereocenters. The van der Waals surface area contributed by atoms with Crippen molar-refractivity contribution in [3.63, 3.8) is 0 Å². The standard InChI is InChI=1S/C19H15INOP/c20-19-14-8-7-9-16(19)15-21-23(22,17-10-3-1-4-11-17)18-12-5-2-6-13-18/h1-15H/b21-15+. The molecule has 2 nitrogen and oxygen atoms in total. The molecular formula is C19H15INOP. The van der Waals surface area contributed by atoms with Gasteiger partial charge in [-0.15, -0.1) is 0 Å². The van der Waals surface area contributed by atoms with Gasteiger partial charge < -0.3 is 0 Å². The maximum Gasteiger partial charge on any atom is 0.247 e. The molecule has 0 N–H and O–H groups in total. The van der Waals surface area contributed by atoms with Gasteiger partial charge in [-0.1, -0.05) is 54.6 Å². The molecular weight excluding hydrogens is 416 g/mol. The Labute approximate surface area is 149 Å². The van der Waals surface area contributed by atoms with Crippen LogP contribution in [0.2, 0.25) is 0 Å². The maximum absolute atomic E-state index is 13.7. The fraction of sp³-hybridized carbons (Fsp3) is 0. The van der Waals surface area contributed by atoms with Crippen molar-refractivity contribution in [1.82, 2.24) is 0 Å². The zero-order chi connectivity index (χ0) is 16.1. The van der Waals surface area contributed by atoms with Gasteiger partial charge >= 0.3 is 0 Å². The van der Waals surface area contributed by atoms with Gasteiger partial charge in [-0.3, -0.25) is 4.57 Å². The molecule has 0 radical (unpaired) electrons. The molecule has 0 aliphatic rings. The number of nitrogens with zero attached hydrogens (tertiary/aromatic N) is 1. The molecule has 0 aliphatic heterocycles. The number of hydrogen-bond acceptors (Lipinski definition) is 1. The van der Waals surface area contributed by atoms with Crippen LogP contribution in [0.5, 0.6) is 0 Å². The Morgan fingerprint density at radius 1 is 0.739 bits per heavy atom. The molecule has 3 aromatic rings. The zero-order valence-electron chi connectivity index (χ0n) is 12.3. The van der Waals surface area contributed by atoms with Crippen molar-refractivity contribution in [2.24, 2.45) is 4.76 Å². The van der Waals surface area contributed by atoms with E-state index in [2.05, 4.69) is 27.4 Å². The average Bonchev–Trinajstić information content (AvgIpc) is 2.62. The molecule has 0 heterocycles. The fourth-order valence-electron chi connectivity index (χ4n) is 2.27. The number of hydrogen-bond donors (Lipinski definition) is 0. The van der Waals surface area contributed by atoms with Crippen LogP contribution < -0.4 is 10.6 Å². The SMILES string of the molecule is O=P(/N=C/c1ccccc1I)(c1ccccc1)c1ccccc1. The lowest BCUT2D eigenvalue weighted by atomic mass is 10.2. The van der Waals surface area contributed by atoms with E-state index in [0.29, 0.717) is 0 Å². The molecule has 3 aromatic carbocycles. The van der Waals surface area contributed by atoms with E-state index < -0.39 is 7.29 Å². The third-order valence-electron chi connectivity index (χ3n) is 3.48. The molecule has 0 aliphatic carbocycles. The Kier molecular flexibility index (Phi) is 5.09. The molecule has 114 valence electrons. The first-order chi connectivity index (χ1) is 11.2. The summed E-state index contributed by atoms with van der Waals surface area (Å²) in [6.07, 6.45) is 1.72. The normalized spacial score (nSPS) is 11.7. The predicted octanol–water partition coefficient (Wildman–Crippen LogP) is 4.64. The van der Waals surface area contributed by atoms with Gasteiger partial charge in [0.25, 0.3) is 0 Å². The highest BCUT2D eigenvalue weighted by Crippen LogP contribution is 2.44. The van der Waals surface area contributed by atoms with Crippen molar-refractivity contribution >= 4 is 46.7 Å². The minimum atomic E-state index is -3.04. The van der Waals surface area contributed by atoms with E-state index in [1.165, 1.54) is 0 Å². The van der Waals surface area contributed by atoms with Crippen LogP contribution in [0, 0.1) is 3.57 Å². The Balaban J connectivity index is 2.11. The number of rotatable bonds is 4. The van der Waals surface area contributed by atoms with E-state index in [1.807, 2.05) is 84.9 Å². The van der Waals surface area contributed by atoms with E-state index >= 15 is 0 Å². The molecule has 23 heavy (non-hydrogen) atoms. The number of halogens is 1. The lowest BCUT2D eigenvalue weighted by Crippen LogP contribution is -2.14. The van der Waals surface area contributed by atoms with Gasteiger partial charge in [-0.2, -0.15) is 0 Å². The first-order valence-electron chi connectivity index (χ1n) is 7.21. The quantitative estimate of drug-likeness (QED) is 0.336. The molecule has 0 aromatic heterocycles. The molecule has 0 amide bonds. The summed E-state index contributed by atoms with van der Waals surface area (Å²) in [4.78, 5) is 0. The monoisotopic (exact) mass is 431 g/mol. The summed E-state index contributed by atoms with van der Waals surface area (Å²) in [5, 5.41) is 1.49. The summed E-state index contributed by atoms with van der Waals surface area (Å²) in [5.41, 5.74) is 0.972. The van der Waals surface area contributed by atoms with E-state index in [4.69, 9.17) is 0 Å². The highest BCUT2D eigenvalue weighted by Gasteiger charge is 2.25. The van der Waals surface area contributed by atoms with Gasteiger partial charge in [-0.05, 0) is 52.9 Å². The zero-order valence-corrected chi connectivity index (χ0v) is 15.4. The predicted molar refractivity (Wildman–Crippen MR) is 107 cm³/mol. The first-order valence-corrected chi connectivity index (χ1v) is 9.95. The van der Waals surface area contributed by atoms with E-state index in [0.717, 1.165) is 19.7 Å². The van der Waals surface area contributed by atoms with Crippen LogP contribution in [0.25, 0.3) is 0 Å². The Morgan fingerprint density at radius 3 is 1.74 bits per heavy atom. The van der Waals surface area contributed by atoms with Crippen LogP contribution in [0.3, 0.4) is 0 Å². The Morgan fingerprint density at radius 2 is 1.22 bits per heavy atom. The van der Waals surface area contributed by atoms with E-state index in [-0.39, 0.29) is 0 Å². The van der Waals surface area contributed by atoms with Crippen LogP contribution in [-0.4, -0.2) is 6.21 Å². The Bertz CT molecular complexity index is 819. The third kappa shape index (κ3) is 3.62. The van der Waals surface area contributed by atoms with Gasteiger partial charge in [0.2, 0.25) is 7.29 Å². The highest BCUT2D eigenvalue weighted by atomic mass is 127.